The van der Waals surface area contributed by atoms with Crippen molar-refractivity contribution in [2.24, 2.45) is 0 Å². The molecule has 2 heterocycles. The molecule has 2 aromatic heterocycles. The van der Waals surface area contributed by atoms with Crippen LogP contribution in [0.15, 0.2) is 12.3 Å². The smallest absolute Gasteiger partial charge is 0.270 e. The first-order valence-corrected chi connectivity index (χ1v) is 8.36. The van der Waals surface area contributed by atoms with Gasteiger partial charge in [-0.2, -0.15) is 4.98 Å². The number of fused-ring (bicyclic) bond motifs is 1. The molecule has 1 aliphatic rings. The van der Waals surface area contributed by atoms with Crippen molar-refractivity contribution in [3.05, 3.63) is 23.2 Å². The van der Waals surface area contributed by atoms with Crippen LogP contribution >= 0.6 is 11.6 Å². The summed E-state index contributed by atoms with van der Waals surface area (Å²) in [6, 6.07) is 2.24. The van der Waals surface area contributed by atoms with Crippen molar-refractivity contribution in [2.75, 3.05) is 13.1 Å². The van der Waals surface area contributed by atoms with Gasteiger partial charge in [0.1, 0.15) is 11.3 Å². The van der Waals surface area contributed by atoms with Crippen LogP contribution in [0.5, 0.6) is 0 Å². The predicted molar refractivity (Wildman–Crippen MR) is 87.3 cm³/mol. The van der Waals surface area contributed by atoms with Gasteiger partial charge in [0.15, 0.2) is 0 Å². The highest BCUT2D eigenvalue weighted by molar-refractivity contribution is 6.28. The fourth-order valence-corrected chi connectivity index (χ4v) is 3.49. The number of rotatable bonds is 4. The fourth-order valence-electron chi connectivity index (χ4n) is 3.36. The van der Waals surface area contributed by atoms with Crippen LogP contribution in [0, 0.1) is 0 Å². The molecule has 1 fully saturated rings. The van der Waals surface area contributed by atoms with Gasteiger partial charge < -0.3 is 9.47 Å². The summed E-state index contributed by atoms with van der Waals surface area (Å²) in [5.74, 6) is 0.0611. The molecule has 6 heteroatoms. The first-order valence-electron chi connectivity index (χ1n) is 7.98. The first kappa shape index (κ1) is 15.3. The molecule has 0 saturated heterocycles. The van der Waals surface area contributed by atoms with Crippen LogP contribution in [-0.2, 0) is 0 Å². The number of nitrogens with zero attached hydrogens (tertiary/aromatic N) is 4. The molecule has 0 N–H and O–H groups in total. The van der Waals surface area contributed by atoms with Crippen molar-refractivity contribution in [3.63, 3.8) is 0 Å². The lowest BCUT2D eigenvalue weighted by Gasteiger charge is -2.22. The zero-order valence-corrected chi connectivity index (χ0v) is 13.8. The molecule has 3 rings (SSSR count). The first-order chi connectivity index (χ1) is 10.7. The van der Waals surface area contributed by atoms with E-state index in [1.807, 2.05) is 24.8 Å². The molecule has 0 unspecified atom stereocenters. The highest BCUT2D eigenvalue weighted by Gasteiger charge is 2.27. The Morgan fingerprint density at radius 2 is 2.05 bits per heavy atom. The molecule has 0 radical (unpaired) electrons. The van der Waals surface area contributed by atoms with Gasteiger partial charge in [-0.3, -0.25) is 4.79 Å². The second-order valence-corrected chi connectivity index (χ2v) is 6.07. The third-order valence-corrected chi connectivity index (χ3v) is 4.69. The summed E-state index contributed by atoms with van der Waals surface area (Å²) < 4.78 is 2.09. The maximum Gasteiger partial charge on any atom is 0.270 e. The Morgan fingerprint density at radius 1 is 1.36 bits per heavy atom. The van der Waals surface area contributed by atoms with Gasteiger partial charge in [0, 0.05) is 30.7 Å². The molecule has 2 aromatic rings. The second kappa shape index (κ2) is 6.24. The number of carbonyl (C=O) groups excluding carboxylic acids is 1. The third kappa shape index (κ3) is 2.58. The van der Waals surface area contributed by atoms with Gasteiger partial charge >= 0.3 is 0 Å². The molecule has 0 aliphatic heterocycles. The average Bonchev–Trinajstić information content (AvgIpc) is 3.14. The summed E-state index contributed by atoms with van der Waals surface area (Å²) >= 11 is 5.97. The number of hydrogen-bond acceptors (Lipinski definition) is 3. The molecule has 0 atom stereocenters. The lowest BCUT2D eigenvalue weighted by molar-refractivity contribution is 0.0760. The van der Waals surface area contributed by atoms with Gasteiger partial charge in [-0.15, -0.1) is 0 Å². The molecular weight excluding hydrogens is 300 g/mol. The standard InChI is InChI=1S/C16H21ClN4O/c1-3-20(4-2)15(22)13-9-11-10-18-16(17)19-14(11)21(13)12-7-5-6-8-12/h9-10,12H,3-8H2,1-2H3. The zero-order valence-electron chi connectivity index (χ0n) is 13.0. The molecule has 1 saturated carbocycles. The van der Waals surface area contributed by atoms with Crippen LogP contribution in [0.4, 0.5) is 0 Å². The normalized spacial score (nSPS) is 15.6. The fraction of sp³-hybridized carbons (Fsp3) is 0.562. The molecule has 22 heavy (non-hydrogen) atoms. The van der Waals surface area contributed by atoms with Crippen LogP contribution in [0.25, 0.3) is 11.0 Å². The van der Waals surface area contributed by atoms with Crippen LogP contribution in [-0.4, -0.2) is 38.4 Å². The maximum absolute atomic E-state index is 12.9. The van der Waals surface area contributed by atoms with Crippen molar-refractivity contribution < 1.29 is 4.79 Å². The van der Waals surface area contributed by atoms with E-state index in [-0.39, 0.29) is 11.2 Å². The maximum atomic E-state index is 12.9. The summed E-state index contributed by atoms with van der Waals surface area (Å²) in [6.45, 7) is 5.41. The monoisotopic (exact) mass is 320 g/mol. The number of carbonyl (C=O) groups is 1. The van der Waals surface area contributed by atoms with E-state index in [1.54, 1.807) is 6.20 Å². The summed E-state index contributed by atoms with van der Waals surface area (Å²) in [5, 5.41) is 1.11. The van der Waals surface area contributed by atoms with Crippen LogP contribution in [0.3, 0.4) is 0 Å². The number of aromatic nitrogens is 3. The highest BCUT2D eigenvalue weighted by Crippen LogP contribution is 2.34. The van der Waals surface area contributed by atoms with Gasteiger partial charge in [-0.25, -0.2) is 4.98 Å². The average molecular weight is 321 g/mol. The summed E-state index contributed by atoms with van der Waals surface area (Å²) in [4.78, 5) is 23.1. The minimum Gasteiger partial charge on any atom is -0.338 e. The SMILES string of the molecule is CCN(CC)C(=O)c1cc2cnc(Cl)nc2n1C1CCCC1. The van der Waals surface area contributed by atoms with Crippen LogP contribution in [0.1, 0.15) is 56.1 Å². The Balaban J connectivity index is 2.15. The highest BCUT2D eigenvalue weighted by atomic mass is 35.5. The molecular formula is C16H21ClN4O. The predicted octanol–water partition coefficient (Wildman–Crippen LogP) is 3.68. The van der Waals surface area contributed by atoms with Crippen molar-refractivity contribution in [1.82, 2.24) is 19.4 Å². The van der Waals surface area contributed by atoms with Crippen molar-refractivity contribution in [1.29, 1.82) is 0 Å². The van der Waals surface area contributed by atoms with E-state index in [1.165, 1.54) is 12.8 Å². The van der Waals surface area contributed by atoms with Gasteiger partial charge in [0.05, 0.1) is 0 Å². The molecule has 1 aliphatic carbocycles. The Hall–Kier alpha value is -1.62. The minimum atomic E-state index is 0.0611. The van der Waals surface area contributed by atoms with Gasteiger partial charge in [0.2, 0.25) is 5.28 Å². The second-order valence-electron chi connectivity index (χ2n) is 5.73. The quantitative estimate of drug-likeness (QED) is 0.807. The Kier molecular flexibility index (Phi) is 4.34. The van der Waals surface area contributed by atoms with Gasteiger partial charge in [-0.05, 0) is 44.4 Å². The van der Waals surface area contributed by atoms with E-state index in [4.69, 9.17) is 11.6 Å². The lowest BCUT2D eigenvalue weighted by Crippen LogP contribution is -2.32. The number of hydrogen-bond donors (Lipinski definition) is 0. The Labute approximate surface area is 135 Å². The largest absolute Gasteiger partial charge is 0.338 e. The summed E-state index contributed by atoms with van der Waals surface area (Å²) in [7, 11) is 0. The molecule has 1 amide bonds. The molecule has 0 spiro atoms. The van der Waals surface area contributed by atoms with E-state index in [0.29, 0.717) is 24.8 Å². The number of amides is 1. The van der Waals surface area contributed by atoms with Crippen LogP contribution < -0.4 is 0 Å². The topological polar surface area (TPSA) is 51.0 Å². The van der Waals surface area contributed by atoms with E-state index in [9.17, 15) is 4.79 Å². The van der Waals surface area contributed by atoms with Crippen molar-refractivity contribution >= 4 is 28.5 Å². The molecule has 118 valence electrons. The summed E-state index contributed by atoms with van der Waals surface area (Å²) in [5.41, 5.74) is 1.49. The number of halogens is 1. The Morgan fingerprint density at radius 3 is 2.68 bits per heavy atom. The summed E-state index contributed by atoms with van der Waals surface area (Å²) in [6.07, 6.45) is 6.27. The molecule has 0 bridgehead atoms. The Bertz CT molecular complexity index is 687. The van der Waals surface area contributed by atoms with Crippen LogP contribution in [0.2, 0.25) is 5.28 Å². The van der Waals surface area contributed by atoms with E-state index in [2.05, 4.69) is 14.5 Å². The minimum absolute atomic E-state index is 0.0611. The zero-order chi connectivity index (χ0) is 15.7. The third-order valence-electron chi connectivity index (χ3n) is 4.51. The lowest BCUT2D eigenvalue weighted by atomic mass is 10.2. The van der Waals surface area contributed by atoms with Crippen molar-refractivity contribution in [3.8, 4) is 0 Å². The van der Waals surface area contributed by atoms with E-state index >= 15 is 0 Å². The molecule has 5 nitrogen and oxygen atoms in total. The van der Waals surface area contributed by atoms with Crippen molar-refractivity contribution in [2.45, 2.75) is 45.6 Å². The molecule has 0 aromatic carbocycles. The van der Waals surface area contributed by atoms with E-state index in [0.717, 1.165) is 23.9 Å². The van der Waals surface area contributed by atoms with Gasteiger partial charge in [-0.1, -0.05) is 12.8 Å². The van der Waals surface area contributed by atoms with E-state index < -0.39 is 0 Å². The van der Waals surface area contributed by atoms with Gasteiger partial charge in [0.25, 0.3) is 5.91 Å².